The highest BCUT2D eigenvalue weighted by Crippen LogP contribution is 2.39. The number of methoxy groups -OCH3 is 1. The molecule has 0 bridgehead atoms. The number of carbonyl (C=O) groups is 2. The summed E-state index contributed by atoms with van der Waals surface area (Å²) in [5.74, 6) is 0.399. The van der Waals surface area contributed by atoms with E-state index in [1.54, 1.807) is 14.0 Å². The molecule has 0 radical (unpaired) electrons. The number of aromatic nitrogens is 1. The Morgan fingerprint density at radius 2 is 1.61 bits per heavy atom. The van der Waals surface area contributed by atoms with Crippen molar-refractivity contribution in [1.82, 2.24) is 15.6 Å². The minimum absolute atomic E-state index is 0.0255. The normalized spacial score (nSPS) is 16.0. The lowest BCUT2D eigenvalue weighted by Crippen LogP contribution is -2.59. The number of H-pyrrole nitrogens is 1. The number of para-hydroxylation sites is 2. The van der Waals surface area contributed by atoms with Gasteiger partial charge in [-0.15, -0.1) is 0 Å². The Labute approximate surface area is 241 Å². The molecule has 1 aliphatic carbocycles. The Bertz CT molecular complexity index is 1480. The lowest BCUT2D eigenvalue weighted by Gasteiger charge is -2.39. The zero-order chi connectivity index (χ0) is 28.7. The molecular weight excluding hydrogens is 514 g/mol. The molecule has 0 aliphatic heterocycles. The summed E-state index contributed by atoms with van der Waals surface area (Å²) in [5.41, 5.74) is 2.54. The maximum absolute atomic E-state index is 14.0. The highest BCUT2D eigenvalue weighted by Gasteiger charge is 2.40. The Balaban J connectivity index is 1.36. The van der Waals surface area contributed by atoms with E-state index in [1.165, 1.54) is 12.0 Å². The zero-order valence-electron chi connectivity index (χ0n) is 23.9. The minimum Gasteiger partial charge on any atom is -0.496 e. The van der Waals surface area contributed by atoms with Crippen LogP contribution in [0.1, 0.15) is 55.7 Å². The van der Waals surface area contributed by atoms with E-state index < -0.39 is 11.6 Å². The van der Waals surface area contributed by atoms with Crippen molar-refractivity contribution in [3.8, 4) is 5.75 Å². The van der Waals surface area contributed by atoms with Crippen LogP contribution >= 0.6 is 0 Å². The number of fused-ring (bicyclic) bond motifs is 1. The Kier molecular flexibility index (Phi) is 8.62. The Hall–Kier alpha value is -4.26. The predicted octanol–water partition coefficient (Wildman–Crippen LogP) is 6.42. The number of aromatic amines is 1. The molecule has 1 aromatic heterocycles. The average molecular weight is 554 g/mol. The van der Waals surface area contributed by atoms with Crippen LogP contribution in [-0.2, 0) is 28.0 Å². The van der Waals surface area contributed by atoms with Gasteiger partial charge < -0.3 is 25.1 Å². The van der Waals surface area contributed by atoms with Gasteiger partial charge in [0.25, 0.3) is 0 Å². The van der Waals surface area contributed by atoms with Gasteiger partial charge in [0.1, 0.15) is 17.9 Å². The molecule has 1 heterocycles. The number of benzene rings is 3. The largest absolute Gasteiger partial charge is 0.496 e. The third kappa shape index (κ3) is 6.40. The number of hydrogen-bond donors (Lipinski definition) is 3. The second-order valence-electron chi connectivity index (χ2n) is 11.3. The standard InChI is InChI=1S/C34H39N3O4/c1-33(21-26-22-35-29-17-9-8-16-28(26)29,37-32(39)41-23-25-13-7-10-18-30(25)40-2)31(38)36-24-34(19-11-4-12-20-34)27-14-5-3-6-15-27/h3,5-10,13-18,22,35H,4,11-12,19-21,23-24H2,1-2H3,(H,36,38)(H,37,39). The van der Waals surface area contributed by atoms with Crippen LogP contribution in [0.15, 0.2) is 85.1 Å². The number of alkyl carbamates (subject to hydrolysis) is 1. The second kappa shape index (κ2) is 12.5. The lowest BCUT2D eigenvalue weighted by atomic mass is 9.69. The van der Waals surface area contributed by atoms with Gasteiger partial charge in [-0.05, 0) is 43.0 Å². The quantitative estimate of drug-likeness (QED) is 0.211. The van der Waals surface area contributed by atoms with Crippen LogP contribution in [0.4, 0.5) is 4.79 Å². The molecule has 0 saturated heterocycles. The maximum atomic E-state index is 14.0. The molecule has 1 atom stereocenters. The van der Waals surface area contributed by atoms with Crippen LogP contribution in [0, 0.1) is 0 Å². The van der Waals surface area contributed by atoms with Gasteiger partial charge in [-0.2, -0.15) is 0 Å². The molecule has 3 N–H and O–H groups in total. The second-order valence-corrected chi connectivity index (χ2v) is 11.3. The van der Waals surface area contributed by atoms with E-state index in [-0.39, 0.29) is 17.9 Å². The van der Waals surface area contributed by atoms with Crippen molar-refractivity contribution in [2.45, 2.75) is 63.0 Å². The first-order valence-electron chi connectivity index (χ1n) is 14.4. The molecule has 7 nitrogen and oxygen atoms in total. The van der Waals surface area contributed by atoms with Crippen LogP contribution in [0.25, 0.3) is 10.9 Å². The highest BCUT2D eigenvalue weighted by molar-refractivity contribution is 5.91. The monoisotopic (exact) mass is 553 g/mol. The molecule has 214 valence electrons. The fourth-order valence-corrected chi connectivity index (χ4v) is 6.10. The van der Waals surface area contributed by atoms with Crippen LogP contribution in [0.2, 0.25) is 0 Å². The van der Waals surface area contributed by atoms with Gasteiger partial charge in [0.15, 0.2) is 0 Å². The van der Waals surface area contributed by atoms with Crippen molar-refractivity contribution in [3.63, 3.8) is 0 Å². The van der Waals surface area contributed by atoms with Crippen LogP contribution in [0.3, 0.4) is 0 Å². The SMILES string of the molecule is COc1ccccc1COC(=O)NC(C)(Cc1c[nH]c2ccccc12)C(=O)NCC1(c2ccccc2)CCCCC1. The molecule has 1 fully saturated rings. The number of hydrogen-bond acceptors (Lipinski definition) is 4. The molecule has 1 saturated carbocycles. The molecule has 41 heavy (non-hydrogen) atoms. The van der Waals surface area contributed by atoms with Crippen LogP contribution < -0.4 is 15.4 Å². The zero-order valence-corrected chi connectivity index (χ0v) is 23.9. The van der Waals surface area contributed by atoms with E-state index >= 15 is 0 Å². The van der Waals surface area contributed by atoms with Gasteiger partial charge in [-0.1, -0.05) is 86.0 Å². The average Bonchev–Trinajstić information content (AvgIpc) is 3.42. The van der Waals surface area contributed by atoms with Gasteiger partial charge in [0, 0.05) is 41.0 Å². The van der Waals surface area contributed by atoms with E-state index in [2.05, 4.69) is 39.9 Å². The minimum atomic E-state index is -1.25. The number of carbonyl (C=O) groups excluding carboxylic acids is 2. The number of amides is 2. The molecule has 2 amide bonds. The first-order valence-corrected chi connectivity index (χ1v) is 14.4. The molecular formula is C34H39N3O4. The molecule has 7 heteroatoms. The van der Waals surface area contributed by atoms with E-state index in [0.29, 0.717) is 18.7 Å². The Morgan fingerprint density at radius 3 is 2.39 bits per heavy atom. The summed E-state index contributed by atoms with van der Waals surface area (Å²) in [7, 11) is 1.58. The number of nitrogens with one attached hydrogen (secondary N) is 3. The highest BCUT2D eigenvalue weighted by atomic mass is 16.5. The summed E-state index contributed by atoms with van der Waals surface area (Å²) in [6.07, 6.45) is 7.05. The lowest BCUT2D eigenvalue weighted by molar-refractivity contribution is -0.127. The van der Waals surface area contributed by atoms with Gasteiger partial charge in [-0.25, -0.2) is 4.79 Å². The molecule has 3 aromatic carbocycles. The predicted molar refractivity (Wildman–Crippen MR) is 161 cm³/mol. The Morgan fingerprint density at radius 1 is 0.902 bits per heavy atom. The van der Waals surface area contributed by atoms with Crippen molar-refractivity contribution in [1.29, 1.82) is 0 Å². The van der Waals surface area contributed by atoms with Gasteiger partial charge in [0.2, 0.25) is 5.91 Å². The van der Waals surface area contributed by atoms with E-state index in [0.717, 1.165) is 47.7 Å². The summed E-state index contributed by atoms with van der Waals surface area (Å²) < 4.78 is 11.0. The summed E-state index contributed by atoms with van der Waals surface area (Å²) in [6.45, 7) is 2.31. The summed E-state index contributed by atoms with van der Waals surface area (Å²) in [6, 6.07) is 25.8. The summed E-state index contributed by atoms with van der Waals surface area (Å²) in [5, 5.41) is 7.18. The van der Waals surface area contributed by atoms with Crippen molar-refractivity contribution >= 4 is 22.9 Å². The van der Waals surface area contributed by atoms with E-state index in [9.17, 15) is 9.59 Å². The first kappa shape index (κ1) is 28.3. The van der Waals surface area contributed by atoms with Crippen molar-refractivity contribution in [2.75, 3.05) is 13.7 Å². The van der Waals surface area contributed by atoms with Crippen LogP contribution in [-0.4, -0.2) is 36.2 Å². The third-order valence-corrected chi connectivity index (χ3v) is 8.43. The summed E-state index contributed by atoms with van der Waals surface area (Å²) in [4.78, 5) is 30.5. The van der Waals surface area contributed by atoms with Gasteiger partial charge >= 0.3 is 6.09 Å². The van der Waals surface area contributed by atoms with Crippen molar-refractivity contribution in [2.24, 2.45) is 0 Å². The molecule has 0 spiro atoms. The molecule has 1 aliphatic rings. The molecule has 4 aromatic rings. The maximum Gasteiger partial charge on any atom is 0.408 e. The van der Waals surface area contributed by atoms with E-state index in [4.69, 9.17) is 9.47 Å². The fourth-order valence-electron chi connectivity index (χ4n) is 6.10. The number of ether oxygens (including phenoxy) is 2. The van der Waals surface area contributed by atoms with E-state index in [1.807, 2.05) is 60.8 Å². The summed E-state index contributed by atoms with van der Waals surface area (Å²) >= 11 is 0. The number of rotatable bonds is 10. The van der Waals surface area contributed by atoms with Gasteiger partial charge in [-0.3, -0.25) is 4.79 Å². The smallest absolute Gasteiger partial charge is 0.408 e. The van der Waals surface area contributed by atoms with Gasteiger partial charge in [0.05, 0.1) is 7.11 Å². The van der Waals surface area contributed by atoms with Crippen molar-refractivity contribution < 1.29 is 19.1 Å². The van der Waals surface area contributed by atoms with Crippen molar-refractivity contribution in [3.05, 3.63) is 102 Å². The van der Waals surface area contributed by atoms with Crippen LogP contribution in [0.5, 0.6) is 5.75 Å². The first-order chi connectivity index (χ1) is 19.9. The third-order valence-electron chi connectivity index (χ3n) is 8.43. The molecule has 5 rings (SSSR count). The molecule has 1 unspecified atom stereocenters. The fraction of sp³-hybridized carbons (Fsp3) is 0.353. The topological polar surface area (TPSA) is 92.5 Å².